The number of carbonyl (C=O) groups is 1. The first-order valence-electron chi connectivity index (χ1n) is 9.46. The lowest BCUT2D eigenvalue weighted by Gasteiger charge is -2.20. The molecule has 3 N–H and O–H groups in total. The van der Waals surface area contributed by atoms with Crippen molar-refractivity contribution in [1.29, 1.82) is 0 Å². The maximum Gasteiger partial charge on any atom is 0.416 e. The van der Waals surface area contributed by atoms with Crippen molar-refractivity contribution in [2.75, 3.05) is 0 Å². The van der Waals surface area contributed by atoms with Crippen molar-refractivity contribution < 1.29 is 18.0 Å². The fraction of sp³-hybridized carbons (Fsp3) is 0.250. The number of carbonyl (C=O) groups excluding carboxylic acids is 1. The second-order valence-corrected chi connectivity index (χ2v) is 7.38. The molecule has 2 aliphatic heterocycles. The minimum atomic E-state index is -4.54. The highest BCUT2D eigenvalue weighted by Gasteiger charge is 2.31. The van der Waals surface area contributed by atoms with Crippen LogP contribution < -0.4 is 21.7 Å². The van der Waals surface area contributed by atoms with Crippen LogP contribution in [0.3, 0.4) is 0 Å². The summed E-state index contributed by atoms with van der Waals surface area (Å²) in [4.78, 5) is 25.4. The molecule has 0 saturated carbocycles. The van der Waals surface area contributed by atoms with Crippen LogP contribution in [0.15, 0.2) is 58.9 Å². The molecule has 162 valence electrons. The Labute approximate surface area is 174 Å². The van der Waals surface area contributed by atoms with Gasteiger partial charge in [-0.15, -0.1) is 5.53 Å². The zero-order valence-electron chi connectivity index (χ0n) is 16.6. The highest BCUT2D eigenvalue weighted by atomic mass is 19.4. The van der Waals surface area contributed by atoms with Gasteiger partial charge in [0.05, 0.1) is 28.9 Å². The van der Waals surface area contributed by atoms with Crippen molar-refractivity contribution in [2.24, 2.45) is 0 Å². The first kappa shape index (κ1) is 20.7. The number of rotatable bonds is 4. The van der Waals surface area contributed by atoms with Gasteiger partial charge in [-0.3, -0.25) is 19.3 Å². The van der Waals surface area contributed by atoms with Gasteiger partial charge in [0.15, 0.2) is 0 Å². The molecule has 4 rings (SSSR count). The fourth-order valence-corrected chi connectivity index (χ4v) is 3.32. The van der Waals surface area contributed by atoms with Gasteiger partial charge < -0.3 is 10.7 Å². The number of allylic oxidation sites excluding steroid dienone is 2. The number of aromatic nitrogens is 2. The molecule has 0 aliphatic carbocycles. The van der Waals surface area contributed by atoms with E-state index in [0.29, 0.717) is 5.70 Å². The van der Waals surface area contributed by atoms with E-state index in [2.05, 4.69) is 21.4 Å². The van der Waals surface area contributed by atoms with Crippen LogP contribution in [0.25, 0.3) is 10.9 Å². The lowest BCUT2D eigenvalue weighted by atomic mass is 10.1. The first-order chi connectivity index (χ1) is 14.6. The van der Waals surface area contributed by atoms with Crippen LogP contribution in [-0.2, 0) is 17.4 Å². The molecule has 1 aromatic heterocycles. The third kappa shape index (κ3) is 4.04. The minimum Gasteiger partial charge on any atom is -0.324 e. The molecule has 0 atom stereocenters. The molecule has 0 fully saturated rings. The number of hydrogen-bond donors (Lipinski definition) is 3. The van der Waals surface area contributed by atoms with Crippen molar-refractivity contribution in [3.05, 3.63) is 75.6 Å². The zero-order valence-corrected chi connectivity index (χ0v) is 16.6. The summed E-state index contributed by atoms with van der Waals surface area (Å²) in [5.74, 6) is -0.471. The van der Waals surface area contributed by atoms with Crippen molar-refractivity contribution >= 4 is 16.8 Å². The van der Waals surface area contributed by atoms with E-state index >= 15 is 0 Å². The molecule has 0 saturated heterocycles. The SMILES string of the molecule is CC(C)n1nc(CC(=O)NC2=CN3NNC=C3C=C2)c(=O)c2ccc(C(F)(F)F)cc21. The topological polar surface area (TPSA) is 91.3 Å². The van der Waals surface area contributed by atoms with Gasteiger partial charge in [0.25, 0.3) is 0 Å². The summed E-state index contributed by atoms with van der Waals surface area (Å²) >= 11 is 0. The van der Waals surface area contributed by atoms with Gasteiger partial charge in [-0.25, -0.2) is 0 Å². The molecule has 0 spiro atoms. The third-order valence-electron chi connectivity index (χ3n) is 4.79. The van der Waals surface area contributed by atoms with Crippen LogP contribution in [0.2, 0.25) is 0 Å². The predicted octanol–water partition coefficient (Wildman–Crippen LogP) is 2.23. The Morgan fingerprint density at radius 2 is 2.03 bits per heavy atom. The Balaban J connectivity index is 1.64. The molecule has 11 heteroatoms. The van der Waals surface area contributed by atoms with Gasteiger partial charge in [-0.05, 0) is 44.2 Å². The van der Waals surface area contributed by atoms with E-state index in [0.717, 1.165) is 23.9 Å². The number of benzene rings is 1. The zero-order chi connectivity index (χ0) is 22.3. The summed E-state index contributed by atoms with van der Waals surface area (Å²) < 4.78 is 40.7. The maximum absolute atomic E-state index is 13.1. The van der Waals surface area contributed by atoms with E-state index < -0.39 is 23.1 Å². The van der Waals surface area contributed by atoms with E-state index in [9.17, 15) is 22.8 Å². The van der Waals surface area contributed by atoms with E-state index in [1.165, 1.54) is 4.68 Å². The van der Waals surface area contributed by atoms with Gasteiger partial charge in [0.2, 0.25) is 11.3 Å². The summed E-state index contributed by atoms with van der Waals surface area (Å²) in [5, 5.41) is 8.64. The smallest absolute Gasteiger partial charge is 0.324 e. The van der Waals surface area contributed by atoms with E-state index in [4.69, 9.17) is 0 Å². The van der Waals surface area contributed by atoms with Crippen LogP contribution >= 0.6 is 0 Å². The number of hydrazine groups is 2. The Bertz CT molecular complexity index is 1210. The lowest BCUT2D eigenvalue weighted by Crippen LogP contribution is -2.36. The quantitative estimate of drug-likeness (QED) is 0.687. The molecule has 8 nitrogen and oxygen atoms in total. The van der Waals surface area contributed by atoms with Crippen LogP contribution in [0.4, 0.5) is 13.2 Å². The maximum atomic E-state index is 13.1. The van der Waals surface area contributed by atoms with Crippen molar-refractivity contribution in [2.45, 2.75) is 32.5 Å². The first-order valence-corrected chi connectivity index (χ1v) is 9.46. The average molecular weight is 432 g/mol. The van der Waals surface area contributed by atoms with E-state index in [1.54, 1.807) is 43.4 Å². The Morgan fingerprint density at radius 3 is 2.74 bits per heavy atom. The average Bonchev–Trinajstić information content (AvgIpc) is 3.16. The normalized spacial score (nSPS) is 15.6. The number of nitrogens with zero attached hydrogens (tertiary/aromatic N) is 3. The summed E-state index contributed by atoms with van der Waals surface area (Å²) in [6.07, 6.45) is 2.02. The van der Waals surface area contributed by atoms with Gasteiger partial charge in [-0.1, -0.05) is 0 Å². The third-order valence-corrected chi connectivity index (χ3v) is 4.79. The van der Waals surface area contributed by atoms with E-state index in [-0.39, 0.29) is 29.1 Å². The Hall–Kier alpha value is -3.60. The molecule has 2 aromatic rings. The number of alkyl halides is 3. The second kappa shape index (κ2) is 7.58. The molecule has 31 heavy (non-hydrogen) atoms. The van der Waals surface area contributed by atoms with Crippen LogP contribution in [0.1, 0.15) is 31.1 Å². The summed E-state index contributed by atoms with van der Waals surface area (Å²) in [6, 6.07) is 2.58. The van der Waals surface area contributed by atoms with Crippen LogP contribution in [0, 0.1) is 0 Å². The molecule has 2 aliphatic rings. The number of hydrogen-bond acceptors (Lipinski definition) is 6. The molecular weight excluding hydrogens is 413 g/mol. The molecule has 3 heterocycles. The molecule has 1 aromatic carbocycles. The Kier molecular flexibility index (Phi) is 5.05. The summed E-state index contributed by atoms with van der Waals surface area (Å²) in [6.45, 7) is 3.47. The minimum absolute atomic E-state index is 0.0413. The second-order valence-electron chi connectivity index (χ2n) is 7.38. The molecule has 0 radical (unpaired) electrons. The van der Waals surface area contributed by atoms with Gasteiger partial charge in [0, 0.05) is 23.8 Å². The predicted molar refractivity (Wildman–Crippen MR) is 107 cm³/mol. The van der Waals surface area contributed by atoms with E-state index in [1.807, 2.05) is 0 Å². The monoisotopic (exact) mass is 432 g/mol. The van der Waals surface area contributed by atoms with Gasteiger partial charge in [0.1, 0.15) is 5.69 Å². The number of halogens is 3. The molecule has 0 bridgehead atoms. The van der Waals surface area contributed by atoms with Crippen molar-refractivity contribution in [1.82, 2.24) is 31.1 Å². The highest BCUT2D eigenvalue weighted by molar-refractivity contribution is 5.83. The van der Waals surface area contributed by atoms with Crippen molar-refractivity contribution in [3.63, 3.8) is 0 Å². The van der Waals surface area contributed by atoms with Gasteiger partial charge >= 0.3 is 6.18 Å². The lowest BCUT2D eigenvalue weighted by molar-refractivity contribution is -0.137. The fourth-order valence-electron chi connectivity index (χ4n) is 3.32. The molecule has 0 unspecified atom stereocenters. The number of amides is 1. The Morgan fingerprint density at radius 1 is 1.26 bits per heavy atom. The number of nitrogens with one attached hydrogen (secondary N) is 3. The molecular formula is C20H19F3N6O2. The van der Waals surface area contributed by atoms with Crippen LogP contribution in [-0.4, -0.2) is 20.7 Å². The highest BCUT2D eigenvalue weighted by Crippen LogP contribution is 2.31. The van der Waals surface area contributed by atoms with Gasteiger partial charge in [-0.2, -0.15) is 18.3 Å². The van der Waals surface area contributed by atoms with Crippen LogP contribution in [0.5, 0.6) is 0 Å². The van der Waals surface area contributed by atoms with Crippen molar-refractivity contribution in [3.8, 4) is 0 Å². The summed E-state index contributed by atoms with van der Waals surface area (Å²) in [7, 11) is 0. The number of fused-ring (bicyclic) bond motifs is 2. The molecule has 1 amide bonds. The standard InChI is InChI=1S/C20H19F3N6O2/c1-11(2)29-17-7-12(20(21,22)23)3-6-15(17)19(31)16(26-29)8-18(30)25-13-4-5-14-9-24-27-28(14)10-13/h3-7,9-11,24,27H,8H2,1-2H3,(H,25,30). The largest absolute Gasteiger partial charge is 0.416 e. The summed E-state index contributed by atoms with van der Waals surface area (Å²) in [5.41, 5.74) is 5.60.